The van der Waals surface area contributed by atoms with Crippen LogP contribution in [-0.2, 0) is 0 Å². The van der Waals surface area contributed by atoms with E-state index >= 15 is 0 Å². The molecule has 2 N–H and O–H groups in total. The van der Waals surface area contributed by atoms with Crippen LogP contribution in [0.4, 0.5) is 5.69 Å². The number of anilines is 1. The number of carbonyl (C=O) groups is 2. The van der Waals surface area contributed by atoms with Gasteiger partial charge in [-0.05, 0) is 13.0 Å². The van der Waals surface area contributed by atoms with Gasteiger partial charge >= 0.3 is 5.97 Å². The maximum absolute atomic E-state index is 12.4. The van der Waals surface area contributed by atoms with E-state index in [0.717, 1.165) is 5.69 Å². The highest BCUT2D eigenvalue weighted by Crippen LogP contribution is 2.31. The number of fused-ring (bicyclic) bond motifs is 1. The minimum absolute atomic E-state index is 0.0846. The molecule has 3 aromatic rings. The molecule has 0 unspecified atom stereocenters. The van der Waals surface area contributed by atoms with Gasteiger partial charge in [-0.25, -0.2) is 9.78 Å². The van der Waals surface area contributed by atoms with Crippen LogP contribution in [0.25, 0.3) is 4.96 Å². The average Bonchev–Trinajstić information content (AvgIpc) is 3.11. The standard InChI is InChI=1S/C15H12ClN3O4S/c1-7-6-24-15-18-11(5-19(7)15)13(20)17-10-4-12(23-2)8(14(21)22)3-9(10)16/h3-6H,1-2H3,(H,17,20)(H,21,22). The summed E-state index contributed by atoms with van der Waals surface area (Å²) in [6.45, 7) is 1.92. The Morgan fingerprint density at radius 1 is 1.42 bits per heavy atom. The summed E-state index contributed by atoms with van der Waals surface area (Å²) < 4.78 is 6.85. The fourth-order valence-electron chi connectivity index (χ4n) is 2.17. The van der Waals surface area contributed by atoms with Gasteiger partial charge in [0.25, 0.3) is 5.91 Å². The third-order valence-electron chi connectivity index (χ3n) is 3.39. The largest absolute Gasteiger partial charge is 0.496 e. The zero-order valence-corrected chi connectivity index (χ0v) is 14.2. The van der Waals surface area contributed by atoms with Crippen molar-refractivity contribution < 1.29 is 19.4 Å². The average molecular weight is 366 g/mol. The number of nitrogens with one attached hydrogen (secondary N) is 1. The fraction of sp³-hybridized carbons (Fsp3) is 0.133. The molecule has 1 aromatic carbocycles. The molecule has 7 nitrogen and oxygen atoms in total. The molecule has 24 heavy (non-hydrogen) atoms. The Morgan fingerprint density at radius 3 is 2.79 bits per heavy atom. The predicted molar refractivity (Wildman–Crippen MR) is 90.7 cm³/mol. The number of carboxylic acids is 1. The number of amides is 1. The van der Waals surface area contributed by atoms with E-state index in [-0.39, 0.29) is 27.7 Å². The van der Waals surface area contributed by atoms with Crippen molar-refractivity contribution in [3.05, 3.63) is 45.7 Å². The van der Waals surface area contributed by atoms with Gasteiger partial charge in [0.05, 0.1) is 17.8 Å². The van der Waals surface area contributed by atoms with Crippen LogP contribution in [0.5, 0.6) is 5.75 Å². The number of nitrogens with zero attached hydrogens (tertiary/aromatic N) is 2. The fourth-order valence-corrected chi connectivity index (χ4v) is 3.24. The number of carboxylic acid groups (broad SMARTS) is 1. The molecule has 1 amide bonds. The van der Waals surface area contributed by atoms with E-state index in [1.165, 1.54) is 30.6 Å². The Morgan fingerprint density at radius 2 is 2.17 bits per heavy atom. The van der Waals surface area contributed by atoms with Crippen LogP contribution in [0.3, 0.4) is 0 Å². The molecule has 124 valence electrons. The van der Waals surface area contributed by atoms with Crippen molar-refractivity contribution in [1.82, 2.24) is 9.38 Å². The van der Waals surface area contributed by atoms with Gasteiger partial charge in [0.1, 0.15) is 17.0 Å². The van der Waals surface area contributed by atoms with Gasteiger partial charge in [0.2, 0.25) is 0 Å². The summed E-state index contributed by atoms with van der Waals surface area (Å²) >= 11 is 7.49. The minimum atomic E-state index is -1.17. The third kappa shape index (κ3) is 2.81. The van der Waals surface area contributed by atoms with Crippen LogP contribution >= 0.6 is 22.9 Å². The Hall–Kier alpha value is -2.58. The third-order valence-corrected chi connectivity index (χ3v) is 4.66. The lowest BCUT2D eigenvalue weighted by Crippen LogP contribution is -2.13. The number of imidazole rings is 1. The minimum Gasteiger partial charge on any atom is -0.496 e. The molecule has 2 heterocycles. The Balaban J connectivity index is 1.92. The van der Waals surface area contributed by atoms with Crippen molar-refractivity contribution in [2.45, 2.75) is 6.92 Å². The molecule has 0 atom stereocenters. The number of carbonyl (C=O) groups excluding carboxylic acids is 1. The maximum atomic E-state index is 12.4. The summed E-state index contributed by atoms with van der Waals surface area (Å²) in [5.74, 6) is -1.52. The van der Waals surface area contributed by atoms with Crippen LogP contribution in [0.2, 0.25) is 5.02 Å². The predicted octanol–water partition coefficient (Wildman–Crippen LogP) is 3.32. The Kier molecular flexibility index (Phi) is 4.16. The molecule has 0 aliphatic carbocycles. The van der Waals surface area contributed by atoms with E-state index in [0.29, 0.717) is 4.96 Å². The smallest absolute Gasteiger partial charge is 0.339 e. The quantitative estimate of drug-likeness (QED) is 0.739. The van der Waals surface area contributed by atoms with Crippen LogP contribution in [0.15, 0.2) is 23.7 Å². The second kappa shape index (κ2) is 6.14. The first-order valence-corrected chi connectivity index (χ1v) is 8.02. The zero-order valence-electron chi connectivity index (χ0n) is 12.7. The van der Waals surface area contributed by atoms with Gasteiger partial charge in [-0.3, -0.25) is 9.20 Å². The number of halogens is 1. The number of hydrogen-bond acceptors (Lipinski definition) is 5. The highest BCUT2D eigenvalue weighted by molar-refractivity contribution is 7.15. The number of methoxy groups -OCH3 is 1. The molecule has 0 aliphatic heterocycles. The van der Waals surface area contributed by atoms with Gasteiger partial charge < -0.3 is 15.2 Å². The highest BCUT2D eigenvalue weighted by atomic mass is 35.5. The topological polar surface area (TPSA) is 92.9 Å². The number of rotatable bonds is 4. The molecule has 0 fully saturated rings. The lowest BCUT2D eigenvalue weighted by atomic mass is 10.1. The lowest BCUT2D eigenvalue weighted by Gasteiger charge is -2.10. The molecule has 0 aliphatic rings. The van der Waals surface area contributed by atoms with E-state index in [9.17, 15) is 9.59 Å². The molecule has 2 aromatic heterocycles. The first-order valence-electron chi connectivity index (χ1n) is 6.76. The van der Waals surface area contributed by atoms with Crippen molar-refractivity contribution in [3.63, 3.8) is 0 Å². The second-order valence-corrected chi connectivity index (χ2v) is 6.19. The molecular formula is C15H12ClN3O4S. The second-order valence-electron chi connectivity index (χ2n) is 4.95. The van der Waals surface area contributed by atoms with E-state index in [1.807, 2.05) is 16.7 Å². The van der Waals surface area contributed by atoms with Gasteiger partial charge in [0, 0.05) is 23.3 Å². The molecule has 3 rings (SSSR count). The summed E-state index contributed by atoms with van der Waals surface area (Å²) in [7, 11) is 1.34. The van der Waals surface area contributed by atoms with Crippen molar-refractivity contribution in [2.75, 3.05) is 12.4 Å². The van der Waals surface area contributed by atoms with Gasteiger partial charge in [0.15, 0.2) is 4.96 Å². The Labute approximate surface area is 145 Å². The van der Waals surface area contributed by atoms with Crippen molar-refractivity contribution in [2.24, 2.45) is 0 Å². The van der Waals surface area contributed by atoms with Gasteiger partial charge in [-0.15, -0.1) is 11.3 Å². The van der Waals surface area contributed by atoms with E-state index in [1.54, 1.807) is 6.20 Å². The monoisotopic (exact) mass is 365 g/mol. The number of aromatic nitrogens is 2. The summed E-state index contributed by atoms with van der Waals surface area (Å²) in [5.41, 5.74) is 1.38. The number of aryl methyl sites for hydroxylation is 1. The van der Waals surface area contributed by atoms with Gasteiger partial charge in [-0.2, -0.15) is 0 Å². The summed E-state index contributed by atoms with van der Waals surface area (Å²) in [5, 5.41) is 13.8. The van der Waals surface area contributed by atoms with Crippen molar-refractivity contribution in [3.8, 4) is 5.75 Å². The molecule has 0 radical (unpaired) electrons. The highest BCUT2D eigenvalue weighted by Gasteiger charge is 2.18. The summed E-state index contributed by atoms with van der Waals surface area (Å²) in [6, 6.07) is 2.60. The van der Waals surface area contributed by atoms with Crippen LogP contribution in [0, 0.1) is 6.92 Å². The number of benzene rings is 1. The number of ether oxygens (including phenoxy) is 1. The lowest BCUT2D eigenvalue weighted by molar-refractivity contribution is 0.0693. The van der Waals surface area contributed by atoms with Crippen LogP contribution in [0.1, 0.15) is 26.5 Å². The SMILES string of the molecule is COc1cc(NC(=O)c2cn3c(C)csc3n2)c(Cl)cc1C(=O)O. The maximum Gasteiger partial charge on any atom is 0.339 e. The van der Waals surface area contributed by atoms with E-state index < -0.39 is 11.9 Å². The summed E-state index contributed by atoms with van der Waals surface area (Å²) in [4.78, 5) is 28.5. The number of hydrogen-bond donors (Lipinski definition) is 2. The van der Waals surface area contributed by atoms with Crippen LogP contribution < -0.4 is 10.1 Å². The molecule has 0 spiro atoms. The molecule has 0 saturated carbocycles. The summed E-state index contributed by atoms with van der Waals surface area (Å²) in [6.07, 6.45) is 1.63. The Bertz CT molecular complexity index is 963. The molecule has 0 bridgehead atoms. The molecule has 9 heteroatoms. The first-order chi connectivity index (χ1) is 11.4. The van der Waals surface area contributed by atoms with E-state index in [4.69, 9.17) is 21.4 Å². The number of thiazole rings is 1. The van der Waals surface area contributed by atoms with Crippen LogP contribution in [-0.4, -0.2) is 33.5 Å². The van der Waals surface area contributed by atoms with Crippen molar-refractivity contribution in [1.29, 1.82) is 0 Å². The number of aromatic carboxylic acids is 1. The molecule has 0 saturated heterocycles. The first kappa shape index (κ1) is 16.3. The van der Waals surface area contributed by atoms with Crippen molar-refractivity contribution >= 4 is 45.5 Å². The van der Waals surface area contributed by atoms with E-state index in [2.05, 4.69) is 10.3 Å². The normalized spacial score (nSPS) is 10.8. The molecular weight excluding hydrogens is 354 g/mol. The zero-order chi connectivity index (χ0) is 17.4. The van der Waals surface area contributed by atoms with Gasteiger partial charge in [-0.1, -0.05) is 11.6 Å².